The van der Waals surface area contributed by atoms with Crippen molar-refractivity contribution in [3.8, 4) is 6.07 Å². The van der Waals surface area contributed by atoms with Crippen molar-refractivity contribution in [1.82, 2.24) is 5.32 Å². The van der Waals surface area contributed by atoms with Gasteiger partial charge in [0.2, 0.25) is 0 Å². The first-order valence-electron chi connectivity index (χ1n) is 9.37. The van der Waals surface area contributed by atoms with E-state index in [1.54, 1.807) is 41.3 Å². The normalized spacial score (nSPS) is 18.4. The van der Waals surface area contributed by atoms with Gasteiger partial charge in [0.1, 0.15) is 6.07 Å². The van der Waals surface area contributed by atoms with Crippen LogP contribution in [0.1, 0.15) is 27.9 Å². The van der Waals surface area contributed by atoms with Gasteiger partial charge in [-0.2, -0.15) is 5.26 Å². The van der Waals surface area contributed by atoms with Crippen LogP contribution in [0.4, 0.5) is 5.69 Å². The lowest BCUT2D eigenvalue weighted by Crippen LogP contribution is -2.55. The van der Waals surface area contributed by atoms with Crippen LogP contribution in [0.15, 0.2) is 36.4 Å². The average Bonchev–Trinajstić information content (AvgIpc) is 3.23. The first kappa shape index (κ1) is 23.4. The molecule has 164 valence electrons. The van der Waals surface area contributed by atoms with Gasteiger partial charge in [0, 0.05) is 30.1 Å². The van der Waals surface area contributed by atoms with Crippen molar-refractivity contribution in [3.63, 3.8) is 0 Å². The molecule has 1 saturated heterocycles. The van der Waals surface area contributed by atoms with E-state index in [0.717, 1.165) is 0 Å². The number of ether oxygens (including phenoxy) is 1. The van der Waals surface area contributed by atoms with Crippen LogP contribution in [0, 0.1) is 11.3 Å². The van der Waals surface area contributed by atoms with Crippen molar-refractivity contribution in [3.05, 3.63) is 63.1 Å². The predicted octanol–water partition coefficient (Wildman–Crippen LogP) is 3.39. The number of carbonyl (C=O) groups is 1. The molecule has 1 atom stereocenters. The zero-order valence-electron chi connectivity index (χ0n) is 17.0. The Kier molecular flexibility index (Phi) is 6.82. The van der Waals surface area contributed by atoms with Crippen LogP contribution in [0.5, 0.6) is 0 Å². The van der Waals surface area contributed by atoms with Gasteiger partial charge >= 0.3 is 5.97 Å². The van der Waals surface area contributed by atoms with Crippen molar-refractivity contribution < 1.29 is 17.9 Å². The molecule has 0 spiro atoms. The Bertz CT molecular complexity index is 1160. The summed E-state index contributed by atoms with van der Waals surface area (Å²) in [4.78, 5) is 12.5. The van der Waals surface area contributed by atoms with Crippen LogP contribution in [0.3, 0.4) is 0 Å². The highest BCUT2D eigenvalue weighted by Gasteiger charge is 2.49. The molecule has 1 fully saturated rings. The summed E-state index contributed by atoms with van der Waals surface area (Å²) in [6, 6.07) is 11.5. The molecule has 0 unspecified atom stereocenters. The molecule has 3 rings (SSSR count). The zero-order chi connectivity index (χ0) is 22.8. The summed E-state index contributed by atoms with van der Waals surface area (Å²) in [6.07, 6.45) is 1.54. The monoisotopic (exact) mass is 481 g/mol. The fourth-order valence-electron chi connectivity index (χ4n) is 3.75. The molecule has 10 heteroatoms. The number of rotatable bonds is 6. The largest absolute Gasteiger partial charge is 0.465 e. The van der Waals surface area contributed by atoms with Crippen molar-refractivity contribution in [2.75, 3.05) is 31.4 Å². The van der Waals surface area contributed by atoms with E-state index >= 15 is 0 Å². The van der Waals surface area contributed by atoms with Gasteiger partial charge in [-0.05, 0) is 54.9 Å². The maximum atomic E-state index is 13.0. The summed E-state index contributed by atoms with van der Waals surface area (Å²) in [5.74, 6) is -0.522. The van der Waals surface area contributed by atoms with Crippen LogP contribution in [-0.2, 0) is 21.1 Å². The van der Waals surface area contributed by atoms with E-state index in [-0.39, 0.29) is 23.7 Å². The Labute approximate surface area is 191 Å². The number of hydrogen-bond donors (Lipinski definition) is 1. The van der Waals surface area contributed by atoms with E-state index in [0.29, 0.717) is 34.8 Å². The Morgan fingerprint density at radius 2 is 2.00 bits per heavy atom. The zero-order valence-corrected chi connectivity index (χ0v) is 19.3. The molecule has 1 aliphatic heterocycles. The van der Waals surface area contributed by atoms with Crippen LogP contribution in [-0.4, -0.2) is 45.7 Å². The van der Waals surface area contributed by atoms with Gasteiger partial charge in [-0.15, -0.1) is 0 Å². The minimum absolute atomic E-state index is 0.0979. The third-order valence-electron chi connectivity index (χ3n) is 5.46. The molecule has 1 aliphatic rings. The van der Waals surface area contributed by atoms with E-state index < -0.39 is 20.7 Å². The fraction of sp³-hybridized carbons (Fsp3) is 0.333. The van der Waals surface area contributed by atoms with Crippen LogP contribution < -0.4 is 10.2 Å². The SMILES string of the molecule is COC(=O)c1ccc(Cl)c(CN(c2ccc(C#N)c(Cl)c2)[C@]2(S(C)(=O)=O)CCNC2)c1. The topological polar surface area (TPSA) is 99.5 Å². The number of esters is 1. The van der Waals surface area contributed by atoms with E-state index in [9.17, 15) is 18.5 Å². The van der Waals surface area contributed by atoms with Gasteiger partial charge in [-0.25, -0.2) is 13.2 Å². The van der Waals surface area contributed by atoms with E-state index in [2.05, 4.69) is 5.32 Å². The molecule has 2 aromatic rings. The Morgan fingerprint density at radius 1 is 1.26 bits per heavy atom. The molecule has 1 N–H and O–H groups in total. The molecule has 0 aromatic heterocycles. The minimum atomic E-state index is -3.58. The number of anilines is 1. The van der Waals surface area contributed by atoms with E-state index in [1.165, 1.54) is 13.4 Å². The third kappa shape index (κ3) is 4.51. The molecule has 0 radical (unpaired) electrons. The molecular weight excluding hydrogens is 461 g/mol. The highest BCUT2D eigenvalue weighted by molar-refractivity contribution is 7.92. The number of sulfone groups is 1. The summed E-state index contributed by atoms with van der Waals surface area (Å²) >= 11 is 12.7. The summed E-state index contributed by atoms with van der Waals surface area (Å²) in [5, 5.41) is 12.9. The van der Waals surface area contributed by atoms with Crippen LogP contribution >= 0.6 is 23.2 Å². The molecule has 0 aliphatic carbocycles. The number of carbonyl (C=O) groups excluding carboxylic acids is 1. The fourth-order valence-corrected chi connectivity index (χ4v) is 5.55. The lowest BCUT2D eigenvalue weighted by atomic mass is 10.1. The Balaban J connectivity index is 2.17. The standard InChI is InChI=1S/C21H21Cl2N3O4S/c1-30-20(27)14-4-6-18(22)16(9-14)12-26(17-5-3-15(11-24)19(23)10-17)21(31(2,28)29)7-8-25-13-21/h3-6,9-10,25H,7-8,12-13H2,1-2H3/t21-/m0/s1. The number of nitriles is 1. The lowest BCUT2D eigenvalue weighted by molar-refractivity contribution is 0.0600. The van der Waals surface area contributed by atoms with Crippen molar-refractivity contribution >= 4 is 44.7 Å². The van der Waals surface area contributed by atoms with Crippen molar-refractivity contribution in [2.24, 2.45) is 0 Å². The number of methoxy groups -OCH3 is 1. The summed E-state index contributed by atoms with van der Waals surface area (Å²) in [5.41, 5.74) is 1.67. The quantitative estimate of drug-likeness (QED) is 0.630. The molecule has 2 aromatic carbocycles. The predicted molar refractivity (Wildman–Crippen MR) is 120 cm³/mol. The molecule has 31 heavy (non-hydrogen) atoms. The van der Waals surface area contributed by atoms with Crippen molar-refractivity contribution in [2.45, 2.75) is 17.8 Å². The maximum Gasteiger partial charge on any atom is 0.337 e. The number of nitrogens with zero attached hydrogens (tertiary/aromatic N) is 2. The first-order valence-corrected chi connectivity index (χ1v) is 12.0. The average molecular weight is 482 g/mol. The highest BCUT2D eigenvalue weighted by Crippen LogP contribution is 2.37. The summed E-state index contributed by atoms with van der Waals surface area (Å²) in [7, 11) is -2.30. The molecule has 0 saturated carbocycles. The van der Waals surface area contributed by atoms with Crippen molar-refractivity contribution in [1.29, 1.82) is 5.26 Å². The van der Waals surface area contributed by atoms with Crippen LogP contribution in [0.2, 0.25) is 10.0 Å². The molecule has 0 amide bonds. The van der Waals surface area contributed by atoms with Gasteiger partial charge in [0.05, 0.1) is 23.3 Å². The first-order chi connectivity index (χ1) is 14.6. The van der Waals surface area contributed by atoms with E-state index in [4.69, 9.17) is 27.9 Å². The highest BCUT2D eigenvalue weighted by atomic mass is 35.5. The Morgan fingerprint density at radius 3 is 2.55 bits per heavy atom. The van der Waals surface area contributed by atoms with Crippen LogP contribution in [0.25, 0.3) is 0 Å². The number of benzene rings is 2. The van der Waals surface area contributed by atoms with Gasteiger partial charge in [-0.3, -0.25) is 0 Å². The van der Waals surface area contributed by atoms with Gasteiger partial charge < -0.3 is 15.0 Å². The second-order valence-corrected chi connectivity index (χ2v) is 10.4. The maximum absolute atomic E-state index is 13.0. The smallest absolute Gasteiger partial charge is 0.337 e. The second-order valence-electron chi connectivity index (χ2n) is 7.31. The second kappa shape index (κ2) is 9.05. The third-order valence-corrected chi connectivity index (χ3v) is 8.09. The van der Waals surface area contributed by atoms with Gasteiger partial charge in [0.15, 0.2) is 14.7 Å². The van der Waals surface area contributed by atoms with E-state index in [1.807, 2.05) is 6.07 Å². The number of hydrogen-bond acceptors (Lipinski definition) is 7. The molecule has 0 bridgehead atoms. The molecule has 1 heterocycles. The number of nitrogens with one attached hydrogen (secondary N) is 1. The van der Waals surface area contributed by atoms with Gasteiger partial charge in [0.25, 0.3) is 0 Å². The molecular formula is C21H21Cl2N3O4S. The lowest BCUT2D eigenvalue weighted by Gasteiger charge is -2.41. The summed E-state index contributed by atoms with van der Waals surface area (Å²) in [6.45, 7) is 0.821. The minimum Gasteiger partial charge on any atom is -0.465 e. The number of halogens is 2. The Hall–Kier alpha value is -2.31. The van der Waals surface area contributed by atoms with Gasteiger partial charge in [-0.1, -0.05) is 23.2 Å². The molecule has 7 nitrogen and oxygen atoms in total. The summed E-state index contributed by atoms with van der Waals surface area (Å²) < 4.78 is 30.8.